The number of Topliss-reactive ketones (excluding diaryl/α,β-unsaturated/α-hetero) is 1. The lowest BCUT2D eigenvalue weighted by molar-refractivity contribution is -0.424. The molecule has 0 aliphatic carbocycles. The highest BCUT2D eigenvalue weighted by molar-refractivity contribution is 7.74. The molecule has 9 atom stereocenters. The minimum Gasteiger partial charge on any atom is -0.461 e. The van der Waals surface area contributed by atoms with Crippen molar-refractivity contribution in [3.05, 3.63) is 5.53 Å². The maximum atomic E-state index is 11.5. The lowest BCUT2D eigenvalue weighted by Crippen LogP contribution is -2.62. The number of carbonyl (C=O) groups excluding carboxylic acids is 4. The Balaban J connectivity index is -0.000000404. The number of methoxy groups -OCH3 is 4. The Bertz CT molecular complexity index is 1990. The molecule has 6 unspecified atom stereocenters. The standard InChI is InChI=1S/C13H22O3.C10H16O4.C9H16O5.C9H14O3.C5H9N2O4P.C4H6O2/c1-8-10(16-13(5,6)7)9-15-11(14)12(2,3)4;1-6-8-7-13-9(2,11-4)10(3,12-5)14-8;1-8(11-3)9(2,12-4)14-7(5-10)6-13-8;1-5-7(10)6-12-8(11)9(2,3)4;1-4(8)5(7-6)12(9,10-2)11-3;1-2-4(6)3-5/h1,10H,9H2,2-7H3;1,8H,7H2,2-5H3;5,7H,6H2,1-4H3;1,7,10H,6H2,2-4H3;1-3H3;1,4-6H,3H2/t10-;;;7-;;4-/m1..1.1/s1. The van der Waals surface area contributed by atoms with Gasteiger partial charge >= 0.3 is 25.0 Å². The van der Waals surface area contributed by atoms with Gasteiger partial charge in [0.2, 0.25) is 28.9 Å². The maximum Gasteiger partial charge on any atom is 0.446 e. The van der Waals surface area contributed by atoms with Gasteiger partial charge < -0.3 is 86.8 Å². The summed E-state index contributed by atoms with van der Waals surface area (Å²) in [5.74, 6) is 3.61. The number of carbonyl (C=O) groups is 4. The first-order valence-corrected chi connectivity index (χ1v) is 23.9. The highest BCUT2D eigenvalue weighted by Gasteiger charge is 2.54. The minimum atomic E-state index is -3.70. The predicted octanol–water partition coefficient (Wildman–Crippen LogP) is 3.71. The largest absolute Gasteiger partial charge is 0.461 e. The molecule has 0 aromatic carbocycles. The molecular formula is C50H83N2O21P. The van der Waals surface area contributed by atoms with Gasteiger partial charge in [-0.1, -0.05) is 23.7 Å². The Labute approximate surface area is 438 Å². The summed E-state index contributed by atoms with van der Waals surface area (Å²) >= 11 is 0. The van der Waals surface area contributed by atoms with Gasteiger partial charge in [0, 0.05) is 49.6 Å². The van der Waals surface area contributed by atoms with Gasteiger partial charge in [0.15, 0.2) is 12.4 Å². The van der Waals surface area contributed by atoms with Gasteiger partial charge in [0.1, 0.15) is 37.6 Å². The zero-order valence-corrected chi connectivity index (χ0v) is 47.7. The number of esters is 2. The molecule has 0 bridgehead atoms. The Morgan fingerprint density at radius 1 is 0.716 bits per heavy atom. The number of aliphatic hydroxyl groups is 3. The zero-order valence-electron chi connectivity index (χ0n) is 46.8. The van der Waals surface area contributed by atoms with Crippen LogP contribution in [0.5, 0.6) is 0 Å². The van der Waals surface area contributed by atoms with Crippen LogP contribution in [0.15, 0.2) is 0 Å². The third-order valence-corrected chi connectivity index (χ3v) is 11.6. The van der Waals surface area contributed by atoms with Crippen LogP contribution in [0.3, 0.4) is 0 Å². The highest BCUT2D eigenvalue weighted by Crippen LogP contribution is 2.47. The number of ether oxygens (including phenoxy) is 11. The number of hydrogen-bond donors (Lipinski definition) is 3. The van der Waals surface area contributed by atoms with Crippen molar-refractivity contribution >= 4 is 37.1 Å². The van der Waals surface area contributed by atoms with Gasteiger partial charge in [-0.25, -0.2) is 4.57 Å². The van der Waals surface area contributed by atoms with Crippen LogP contribution in [0.4, 0.5) is 0 Å². The van der Waals surface area contributed by atoms with Gasteiger partial charge in [-0.05, 0) is 90.0 Å². The Morgan fingerprint density at radius 2 is 1.12 bits per heavy atom. The molecule has 23 nitrogen and oxygen atoms in total. The molecule has 0 saturated carbocycles. The van der Waals surface area contributed by atoms with E-state index in [1.54, 1.807) is 69.2 Å². The molecule has 3 N–H and O–H groups in total. The van der Waals surface area contributed by atoms with E-state index in [-0.39, 0.29) is 44.0 Å². The molecule has 24 heteroatoms. The molecule has 2 heterocycles. The van der Waals surface area contributed by atoms with Crippen LogP contribution < -0.4 is 0 Å². The number of aldehydes is 1. The van der Waals surface area contributed by atoms with Crippen molar-refractivity contribution in [3.8, 4) is 49.4 Å². The first-order chi connectivity index (χ1) is 33.8. The molecule has 2 aliphatic rings. The Morgan fingerprint density at radius 3 is 1.39 bits per heavy atom. The molecule has 424 valence electrons. The summed E-state index contributed by atoms with van der Waals surface area (Å²) in [6.07, 6.45) is 17.3. The zero-order chi connectivity index (χ0) is 59.2. The van der Waals surface area contributed by atoms with E-state index in [0.717, 1.165) is 21.1 Å². The van der Waals surface area contributed by atoms with E-state index in [0.29, 0.717) is 12.9 Å². The topological polar surface area (TPSA) is 302 Å². The van der Waals surface area contributed by atoms with Crippen LogP contribution in [0.1, 0.15) is 96.9 Å². The van der Waals surface area contributed by atoms with Crippen molar-refractivity contribution in [2.75, 3.05) is 75.7 Å². The van der Waals surface area contributed by atoms with Gasteiger partial charge in [0.05, 0.1) is 36.3 Å². The van der Waals surface area contributed by atoms with Crippen molar-refractivity contribution in [1.29, 1.82) is 0 Å². The SMILES string of the molecule is C#CC1COC(C)(OC)C(C)(OC)O1.C#C[C@@H](O)CO.C#C[C@@H](O)COC(=O)C(C)(C)C.C#C[C@H](COC(=O)C(C)(C)C)OC(C)(C)C.COC1(C)OCC(C=O)OC1(C)OC.COP(=O)(OC)C(=[N+]=[N-])C(C)=O. The smallest absolute Gasteiger partial charge is 0.446 e. The first-order valence-electron chi connectivity index (χ1n) is 22.4. The summed E-state index contributed by atoms with van der Waals surface area (Å²) < 4.78 is 78.4. The molecule has 74 heavy (non-hydrogen) atoms. The second-order valence-corrected chi connectivity index (χ2v) is 20.9. The van der Waals surface area contributed by atoms with Gasteiger partial charge in [-0.2, -0.15) is 4.79 Å². The molecule has 0 aromatic heterocycles. The summed E-state index contributed by atoms with van der Waals surface area (Å²) in [4.78, 5) is 46.4. The van der Waals surface area contributed by atoms with Crippen LogP contribution in [0.2, 0.25) is 0 Å². The second kappa shape index (κ2) is 35.0. The number of terminal acetylenes is 4. The molecule has 2 aliphatic heterocycles. The third-order valence-electron chi connectivity index (χ3n) is 9.67. The molecule has 2 rings (SSSR count). The van der Waals surface area contributed by atoms with Crippen molar-refractivity contribution in [2.24, 2.45) is 10.8 Å². The van der Waals surface area contributed by atoms with E-state index in [1.165, 1.54) is 28.4 Å². The second-order valence-electron chi connectivity index (χ2n) is 18.8. The Hall–Kier alpha value is -4.43. The molecule has 0 aromatic rings. The summed E-state index contributed by atoms with van der Waals surface area (Å²) in [6.45, 7) is 24.4. The predicted molar refractivity (Wildman–Crippen MR) is 270 cm³/mol. The average Bonchev–Trinajstić information content (AvgIpc) is 3.35. The van der Waals surface area contributed by atoms with Crippen molar-refractivity contribution < 1.29 is 105 Å². The minimum absolute atomic E-state index is 0.101. The van der Waals surface area contributed by atoms with E-state index < -0.39 is 83.3 Å². The number of rotatable bonds is 15. The number of ketones is 1. The number of nitrogens with zero attached hydrogens (tertiary/aromatic N) is 2. The van der Waals surface area contributed by atoms with E-state index in [2.05, 4.69) is 38.0 Å². The molecular weight excluding hydrogens is 996 g/mol. The molecule has 0 spiro atoms. The van der Waals surface area contributed by atoms with Crippen LogP contribution in [-0.2, 0) is 84.9 Å². The fourth-order valence-electron chi connectivity index (χ4n) is 4.63. The van der Waals surface area contributed by atoms with E-state index in [1.807, 2.05) is 26.7 Å². The molecule has 2 saturated heterocycles. The summed E-state index contributed by atoms with van der Waals surface area (Å²) in [6, 6.07) is 0. The number of hydrogen-bond acceptors (Lipinski definition) is 21. The van der Waals surface area contributed by atoms with E-state index >= 15 is 0 Å². The van der Waals surface area contributed by atoms with Crippen molar-refractivity contribution in [1.82, 2.24) is 0 Å². The van der Waals surface area contributed by atoms with Crippen LogP contribution in [0.25, 0.3) is 5.53 Å². The van der Waals surface area contributed by atoms with Gasteiger partial charge in [-0.15, -0.1) is 25.7 Å². The van der Waals surface area contributed by atoms with Crippen molar-refractivity contribution in [2.45, 2.75) is 156 Å². The summed E-state index contributed by atoms with van der Waals surface area (Å²) in [5.41, 5.74) is 6.32. The fourth-order valence-corrected chi connectivity index (χ4v) is 5.62. The normalized spacial score (nSPS) is 24.4. The lowest BCUT2D eigenvalue weighted by atomic mass is 9.97. The summed E-state index contributed by atoms with van der Waals surface area (Å²) in [5, 5.41) is 25.0. The molecule has 0 amide bonds. The molecule has 0 radical (unpaired) electrons. The average molecular weight is 1080 g/mol. The Kier molecular flexibility index (Phi) is 36.0. The van der Waals surface area contributed by atoms with E-state index in [4.69, 9.17) is 92.2 Å². The quantitative estimate of drug-likeness (QED) is 0.0400. The fraction of sp³-hybridized carbons (Fsp3) is 0.740. The maximum absolute atomic E-state index is 11.5. The first kappa shape index (κ1) is 76.1. The van der Waals surface area contributed by atoms with Crippen LogP contribution >= 0.6 is 7.60 Å². The lowest BCUT2D eigenvalue weighted by Gasteiger charge is -2.47. The van der Waals surface area contributed by atoms with Gasteiger partial charge in [-0.3, -0.25) is 14.4 Å². The van der Waals surface area contributed by atoms with E-state index in [9.17, 15) is 23.7 Å². The molecule has 2 fully saturated rings. The third kappa shape index (κ3) is 27.4. The van der Waals surface area contributed by atoms with Crippen LogP contribution in [-0.4, -0.2) is 185 Å². The monoisotopic (exact) mass is 1080 g/mol. The summed E-state index contributed by atoms with van der Waals surface area (Å²) in [7, 11) is 4.54. The number of aliphatic hydroxyl groups excluding tert-OH is 3. The van der Waals surface area contributed by atoms with Crippen molar-refractivity contribution in [3.63, 3.8) is 0 Å². The van der Waals surface area contributed by atoms with Crippen LogP contribution in [0, 0.1) is 60.2 Å². The highest BCUT2D eigenvalue weighted by atomic mass is 31.2. The van der Waals surface area contributed by atoms with Gasteiger partial charge in [0.25, 0.3) is 0 Å².